The number of anilines is 1. The topological polar surface area (TPSA) is 86.7 Å². The summed E-state index contributed by atoms with van der Waals surface area (Å²) in [7, 11) is 0. The molecule has 1 aromatic carbocycles. The largest absolute Gasteiger partial charge is 0.481 e. The summed E-state index contributed by atoms with van der Waals surface area (Å²) in [6.45, 7) is 4.19. The number of hydrogen-bond acceptors (Lipinski definition) is 3. The zero-order valence-corrected chi connectivity index (χ0v) is 14.1. The van der Waals surface area contributed by atoms with E-state index in [0.717, 1.165) is 12.8 Å². The molecule has 130 valence electrons. The Morgan fingerprint density at radius 3 is 2.54 bits per heavy atom. The molecule has 0 aromatic heterocycles. The number of carboxylic acids is 1. The minimum atomic E-state index is -0.886. The predicted octanol–water partition coefficient (Wildman–Crippen LogP) is 2.60. The monoisotopic (exact) mass is 332 g/mol. The molecule has 1 aliphatic heterocycles. The highest BCUT2D eigenvalue weighted by atomic mass is 16.4. The number of aliphatic carboxylic acids is 1. The molecule has 2 atom stereocenters. The number of amides is 2. The van der Waals surface area contributed by atoms with Crippen LogP contribution in [-0.2, 0) is 14.4 Å². The van der Waals surface area contributed by atoms with Crippen molar-refractivity contribution in [1.29, 1.82) is 0 Å². The van der Waals surface area contributed by atoms with Crippen molar-refractivity contribution in [3.63, 3.8) is 0 Å². The maximum atomic E-state index is 12.5. The zero-order chi connectivity index (χ0) is 17.7. The van der Waals surface area contributed by atoms with Crippen LogP contribution in [0, 0.1) is 0 Å². The number of rotatable bonds is 6. The molecule has 2 amide bonds. The van der Waals surface area contributed by atoms with Gasteiger partial charge in [-0.1, -0.05) is 19.1 Å². The molecule has 0 spiro atoms. The molecule has 6 heteroatoms. The number of benzene rings is 1. The number of nitrogens with one attached hydrogen (secondary N) is 1. The van der Waals surface area contributed by atoms with Gasteiger partial charge in [0.05, 0.1) is 5.92 Å². The molecule has 1 aliphatic rings. The fraction of sp³-hybridized carbons (Fsp3) is 0.500. The molecule has 0 bridgehead atoms. The molecule has 1 fully saturated rings. The van der Waals surface area contributed by atoms with Gasteiger partial charge in [-0.2, -0.15) is 0 Å². The zero-order valence-electron chi connectivity index (χ0n) is 14.1. The maximum Gasteiger partial charge on any atom is 0.310 e. The van der Waals surface area contributed by atoms with E-state index in [1.165, 1.54) is 0 Å². The van der Waals surface area contributed by atoms with Gasteiger partial charge in [0, 0.05) is 18.7 Å². The van der Waals surface area contributed by atoms with Crippen molar-refractivity contribution < 1.29 is 19.5 Å². The van der Waals surface area contributed by atoms with Crippen LogP contribution in [0.5, 0.6) is 0 Å². The first-order chi connectivity index (χ1) is 11.4. The van der Waals surface area contributed by atoms with E-state index < -0.39 is 17.9 Å². The highest BCUT2D eigenvalue weighted by Gasteiger charge is 2.33. The molecule has 24 heavy (non-hydrogen) atoms. The molecule has 0 radical (unpaired) electrons. The van der Waals surface area contributed by atoms with Crippen LogP contribution in [0.25, 0.3) is 0 Å². The lowest BCUT2D eigenvalue weighted by Gasteiger charge is -2.24. The number of hydrogen-bond donors (Lipinski definition) is 2. The van der Waals surface area contributed by atoms with E-state index in [4.69, 9.17) is 5.11 Å². The summed E-state index contributed by atoms with van der Waals surface area (Å²) in [5.74, 6) is -1.63. The highest BCUT2D eigenvalue weighted by Crippen LogP contribution is 2.22. The van der Waals surface area contributed by atoms with Crippen LogP contribution < -0.4 is 5.32 Å². The highest BCUT2D eigenvalue weighted by molar-refractivity contribution is 5.97. The second-order valence-electron chi connectivity index (χ2n) is 6.17. The summed E-state index contributed by atoms with van der Waals surface area (Å²) in [5, 5.41) is 11.8. The van der Waals surface area contributed by atoms with Gasteiger partial charge in [0.2, 0.25) is 11.8 Å². The van der Waals surface area contributed by atoms with Crippen molar-refractivity contribution in [2.24, 2.45) is 0 Å². The average Bonchev–Trinajstić information content (AvgIpc) is 3.05. The van der Waals surface area contributed by atoms with Crippen LogP contribution >= 0.6 is 0 Å². The van der Waals surface area contributed by atoms with Crippen LogP contribution in [0.1, 0.15) is 51.0 Å². The summed E-state index contributed by atoms with van der Waals surface area (Å²) >= 11 is 0. The molecule has 6 nitrogen and oxygen atoms in total. The summed E-state index contributed by atoms with van der Waals surface area (Å²) in [4.78, 5) is 37.2. The number of carbonyl (C=O) groups excluding carboxylic acids is 2. The van der Waals surface area contributed by atoms with Gasteiger partial charge in [0.25, 0.3) is 0 Å². The van der Waals surface area contributed by atoms with Crippen LogP contribution in [0.4, 0.5) is 5.69 Å². The summed E-state index contributed by atoms with van der Waals surface area (Å²) in [5.41, 5.74) is 1.29. The van der Waals surface area contributed by atoms with Crippen molar-refractivity contribution in [1.82, 2.24) is 4.90 Å². The Hall–Kier alpha value is -2.37. The van der Waals surface area contributed by atoms with Crippen molar-refractivity contribution in [3.8, 4) is 0 Å². The molecular weight excluding hydrogens is 308 g/mol. The first-order valence-electron chi connectivity index (χ1n) is 8.37. The van der Waals surface area contributed by atoms with Gasteiger partial charge in [0.1, 0.15) is 6.04 Å². The average molecular weight is 332 g/mol. The molecule has 2 rings (SSSR count). The molecule has 2 unspecified atom stereocenters. The standard InChI is InChI=1S/C18H24N2O4/c1-3-5-16(21)20-11-4-6-15(20)17(22)19-14-9-7-13(8-10-14)12(2)18(23)24/h7-10,12,15H,3-6,11H2,1-2H3,(H,19,22)(H,23,24). The Morgan fingerprint density at radius 2 is 1.96 bits per heavy atom. The fourth-order valence-corrected chi connectivity index (χ4v) is 2.92. The van der Waals surface area contributed by atoms with Crippen molar-refractivity contribution >= 4 is 23.5 Å². The third-order valence-corrected chi connectivity index (χ3v) is 4.39. The number of likely N-dealkylation sites (tertiary alicyclic amines) is 1. The quantitative estimate of drug-likeness (QED) is 0.838. The Morgan fingerprint density at radius 1 is 1.29 bits per heavy atom. The molecule has 0 aliphatic carbocycles. The second-order valence-corrected chi connectivity index (χ2v) is 6.17. The summed E-state index contributed by atoms with van der Waals surface area (Å²) < 4.78 is 0. The van der Waals surface area contributed by atoms with Crippen LogP contribution in [0.15, 0.2) is 24.3 Å². The predicted molar refractivity (Wildman–Crippen MR) is 90.8 cm³/mol. The van der Waals surface area contributed by atoms with Crippen LogP contribution in [0.3, 0.4) is 0 Å². The molecule has 1 heterocycles. The minimum Gasteiger partial charge on any atom is -0.481 e. The van der Waals surface area contributed by atoms with Gasteiger partial charge in [0.15, 0.2) is 0 Å². The number of nitrogens with zero attached hydrogens (tertiary/aromatic N) is 1. The number of carboxylic acid groups (broad SMARTS) is 1. The summed E-state index contributed by atoms with van der Waals surface area (Å²) in [6, 6.07) is 6.37. The van der Waals surface area contributed by atoms with Crippen molar-refractivity contribution in [2.45, 2.75) is 51.5 Å². The number of carbonyl (C=O) groups is 3. The summed E-state index contributed by atoms with van der Waals surface area (Å²) in [6.07, 6.45) is 2.75. The van der Waals surface area contributed by atoms with Gasteiger partial charge < -0.3 is 15.3 Å². The van der Waals surface area contributed by atoms with Crippen LogP contribution in [-0.4, -0.2) is 40.4 Å². The van der Waals surface area contributed by atoms with E-state index >= 15 is 0 Å². The maximum absolute atomic E-state index is 12.5. The van der Waals surface area contributed by atoms with E-state index in [-0.39, 0.29) is 11.8 Å². The molecule has 1 saturated heterocycles. The molecule has 0 saturated carbocycles. The lowest BCUT2D eigenvalue weighted by atomic mass is 10.0. The first-order valence-corrected chi connectivity index (χ1v) is 8.37. The Labute approximate surface area is 141 Å². The van der Waals surface area contributed by atoms with E-state index in [9.17, 15) is 14.4 Å². The molecular formula is C18H24N2O4. The van der Waals surface area contributed by atoms with Crippen LogP contribution in [0.2, 0.25) is 0 Å². The smallest absolute Gasteiger partial charge is 0.310 e. The van der Waals surface area contributed by atoms with Crippen molar-refractivity contribution in [3.05, 3.63) is 29.8 Å². The van der Waals surface area contributed by atoms with Gasteiger partial charge in [-0.3, -0.25) is 14.4 Å². The van der Waals surface area contributed by atoms with E-state index in [0.29, 0.717) is 30.6 Å². The van der Waals surface area contributed by atoms with E-state index in [1.807, 2.05) is 6.92 Å². The third kappa shape index (κ3) is 4.13. The van der Waals surface area contributed by atoms with Gasteiger partial charge in [-0.05, 0) is 43.9 Å². The SMILES string of the molecule is CCCC(=O)N1CCCC1C(=O)Nc1ccc(C(C)C(=O)O)cc1. The van der Waals surface area contributed by atoms with Gasteiger partial charge >= 0.3 is 5.97 Å². The lowest BCUT2D eigenvalue weighted by molar-refractivity contribution is -0.138. The second kappa shape index (κ2) is 7.95. The normalized spacial score (nSPS) is 18.2. The van der Waals surface area contributed by atoms with Gasteiger partial charge in [-0.15, -0.1) is 0 Å². The Kier molecular flexibility index (Phi) is 5.95. The fourth-order valence-electron chi connectivity index (χ4n) is 2.92. The lowest BCUT2D eigenvalue weighted by Crippen LogP contribution is -2.43. The molecule has 1 aromatic rings. The third-order valence-electron chi connectivity index (χ3n) is 4.39. The molecule has 2 N–H and O–H groups in total. The van der Waals surface area contributed by atoms with E-state index in [2.05, 4.69) is 5.32 Å². The van der Waals surface area contributed by atoms with Gasteiger partial charge in [-0.25, -0.2) is 0 Å². The first kappa shape index (κ1) is 18.0. The Bertz CT molecular complexity index is 612. The Balaban J connectivity index is 2.01. The van der Waals surface area contributed by atoms with E-state index in [1.54, 1.807) is 36.1 Å². The minimum absolute atomic E-state index is 0.0285. The van der Waals surface area contributed by atoms with Crippen molar-refractivity contribution in [2.75, 3.05) is 11.9 Å².